The van der Waals surface area contributed by atoms with Crippen LogP contribution in [0.2, 0.25) is 5.02 Å². The second kappa shape index (κ2) is 13.1. The van der Waals surface area contributed by atoms with Crippen LogP contribution in [-0.4, -0.2) is 62.1 Å². The number of benzene rings is 4. The van der Waals surface area contributed by atoms with E-state index in [4.69, 9.17) is 21.1 Å². The molecule has 4 amide bonds. The molecule has 0 spiro atoms. The van der Waals surface area contributed by atoms with Crippen LogP contribution in [-0.2, 0) is 29.3 Å². The van der Waals surface area contributed by atoms with Crippen molar-refractivity contribution in [1.29, 1.82) is 0 Å². The number of methoxy groups -OCH3 is 1. The van der Waals surface area contributed by atoms with E-state index in [0.29, 0.717) is 40.7 Å². The third-order valence-electron chi connectivity index (χ3n) is 12.2. The van der Waals surface area contributed by atoms with Crippen molar-refractivity contribution in [3.05, 3.63) is 125 Å². The summed E-state index contributed by atoms with van der Waals surface area (Å²) in [5.41, 5.74) is 2.07. The Morgan fingerprint density at radius 1 is 0.778 bits per heavy atom. The number of carbonyl (C=O) groups is 4. The summed E-state index contributed by atoms with van der Waals surface area (Å²) in [6.45, 7) is 2.79. The Kier molecular flexibility index (Phi) is 8.35. The maximum atomic E-state index is 15.4. The van der Waals surface area contributed by atoms with E-state index in [9.17, 15) is 19.5 Å². The van der Waals surface area contributed by atoms with Gasteiger partial charge in [-0.05, 0) is 72.9 Å². The molecule has 0 unspecified atom stereocenters. The molecule has 0 radical (unpaired) electrons. The number of aromatic hydroxyl groups is 1. The van der Waals surface area contributed by atoms with Gasteiger partial charge in [-0.1, -0.05) is 71.8 Å². The summed E-state index contributed by atoms with van der Waals surface area (Å²) < 4.78 is 11.1. The van der Waals surface area contributed by atoms with E-state index in [1.165, 1.54) is 16.9 Å². The molecule has 1 N–H and O–H groups in total. The minimum absolute atomic E-state index is 0.146. The highest BCUT2D eigenvalue weighted by Gasteiger charge is 2.70. The summed E-state index contributed by atoms with van der Waals surface area (Å²) in [4.78, 5) is 64.1. The van der Waals surface area contributed by atoms with Crippen molar-refractivity contribution in [3.63, 3.8) is 0 Å². The van der Waals surface area contributed by atoms with Gasteiger partial charge in [0.15, 0.2) is 11.5 Å². The highest BCUT2D eigenvalue weighted by molar-refractivity contribution is 6.32. The zero-order chi connectivity index (χ0) is 37.3. The minimum atomic E-state index is -1.51. The molecule has 54 heavy (non-hydrogen) atoms. The zero-order valence-corrected chi connectivity index (χ0v) is 30.3. The zero-order valence-electron chi connectivity index (χ0n) is 29.6. The fraction of sp³-hybridized carbons (Fsp3) is 0.302. The highest BCUT2D eigenvalue weighted by Crippen LogP contribution is 2.65. The summed E-state index contributed by atoms with van der Waals surface area (Å²) in [6.07, 6.45) is 2.39. The van der Waals surface area contributed by atoms with Crippen molar-refractivity contribution in [2.45, 2.75) is 24.2 Å². The Hall–Kier alpha value is -5.45. The van der Waals surface area contributed by atoms with Gasteiger partial charge in [0.05, 0.1) is 54.9 Å². The molecule has 0 bridgehead atoms. The molecule has 3 heterocycles. The third-order valence-corrected chi connectivity index (χ3v) is 12.4. The fourth-order valence-corrected chi connectivity index (χ4v) is 10.1. The molecule has 9 rings (SSSR count). The minimum Gasteiger partial charge on any atom is -0.504 e. The lowest BCUT2D eigenvalue weighted by Crippen LogP contribution is -2.53. The molecule has 4 fully saturated rings. The lowest BCUT2D eigenvalue weighted by Gasteiger charge is -2.50. The molecule has 11 heteroatoms. The van der Waals surface area contributed by atoms with Gasteiger partial charge in [0.2, 0.25) is 23.6 Å². The Morgan fingerprint density at radius 3 is 2.22 bits per heavy atom. The SMILES string of the molecule is COc1cccc([C@H]2C3=CC[C@@H]4C(=O)N(c5ccc(N6CCOCC6)cc5)C(=O)[C@@H]4[C@@H]3C[C@H]3C(=O)N(c4cccc(Cl)c4)C(=O)[C@@]23c2ccccc2)c1O. The van der Waals surface area contributed by atoms with E-state index in [2.05, 4.69) is 4.90 Å². The quantitative estimate of drug-likeness (QED) is 0.182. The van der Waals surface area contributed by atoms with E-state index < -0.39 is 46.8 Å². The van der Waals surface area contributed by atoms with Crippen LogP contribution in [0.4, 0.5) is 17.1 Å². The van der Waals surface area contributed by atoms with Crippen LogP contribution in [0.3, 0.4) is 0 Å². The molecule has 3 aliphatic heterocycles. The van der Waals surface area contributed by atoms with Gasteiger partial charge in [0, 0.05) is 35.3 Å². The molecule has 274 valence electrons. The number of rotatable bonds is 6. The summed E-state index contributed by atoms with van der Waals surface area (Å²) in [7, 11) is 1.46. The van der Waals surface area contributed by atoms with Crippen LogP contribution in [0.25, 0.3) is 0 Å². The van der Waals surface area contributed by atoms with Crippen molar-refractivity contribution in [2.24, 2.45) is 23.7 Å². The first-order chi connectivity index (χ1) is 26.2. The average molecular weight is 744 g/mol. The first kappa shape index (κ1) is 34.3. The maximum absolute atomic E-state index is 15.4. The number of nitrogens with zero attached hydrogens (tertiary/aromatic N) is 3. The third kappa shape index (κ3) is 4.96. The number of allylic oxidation sites excluding steroid dienone is 2. The second-order valence-corrected chi connectivity index (χ2v) is 15.1. The molecular weight excluding hydrogens is 706 g/mol. The first-order valence-electron chi connectivity index (χ1n) is 18.3. The van der Waals surface area contributed by atoms with Crippen LogP contribution in [0.15, 0.2) is 109 Å². The van der Waals surface area contributed by atoms with Crippen molar-refractivity contribution >= 4 is 52.3 Å². The monoisotopic (exact) mass is 743 g/mol. The van der Waals surface area contributed by atoms with Gasteiger partial charge in [-0.2, -0.15) is 0 Å². The lowest BCUT2D eigenvalue weighted by molar-refractivity contribution is -0.127. The first-order valence-corrected chi connectivity index (χ1v) is 18.7. The van der Waals surface area contributed by atoms with E-state index >= 15 is 4.79 Å². The fourth-order valence-electron chi connectivity index (χ4n) is 9.91. The summed E-state index contributed by atoms with van der Waals surface area (Å²) in [6, 6.07) is 28.5. The number of amides is 4. The number of imide groups is 2. The number of phenols is 1. The van der Waals surface area contributed by atoms with E-state index in [-0.39, 0.29) is 36.2 Å². The molecule has 6 atom stereocenters. The number of carbonyl (C=O) groups excluding carboxylic acids is 4. The van der Waals surface area contributed by atoms with Gasteiger partial charge >= 0.3 is 0 Å². The maximum Gasteiger partial charge on any atom is 0.246 e. The molecule has 3 saturated heterocycles. The molecule has 4 aromatic carbocycles. The number of para-hydroxylation sites is 1. The molecule has 2 aliphatic carbocycles. The summed E-state index contributed by atoms with van der Waals surface area (Å²) in [5, 5.41) is 12.2. The number of hydrogen-bond donors (Lipinski definition) is 1. The van der Waals surface area contributed by atoms with Gasteiger partial charge in [0.25, 0.3) is 0 Å². The Morgan fingerprint density at radius 2 is 1.50 bits per heavy atom. The normalized spacial score (nSPS) is 27.8. The summed E-state index contributed by atoms with van der Waals surface area (Å²) in [5.74, 6) is -5.26. The average Bonchev–Trinajstić information content (AvgIpc) is 3.59. The van der Waals surface area contributed by atoms with Gasteiger partial charge in [0.1, 0.15) is 0 Å². The van der Waals surface area contributed by atoms with Gasteiger partial charge in [-0.15, -0.1) is 0 Å². The largest absolute Gasteiger partial charge is 0.504 e. The molecule has 4 aromatic rings. The van der Waals surface area contributed by atoms with Crippen molar-refractivity contribution in [1.82, 2.24) is 0 Å². The van der Waals surface area contributed by atoms with Crippen LogP contribution in [0, 0.1) is 23.7 Å². The second-order valence-electron chi connectivity index (χ2n) is 14.6. The number of halogens is 1. The number of ether oxygens (including phenoxy) is 2. The van der Waals surface area contributed by atoms with E-state index in [1.54, 1.807) is 42.5 Å². The van der Waals surface area contributed by atoms with Crippen molar-refractivity contribution in [3.8, 4) is 11.5 Å². The van der Waals surface area contributed by atoms with Crippen LogP contribution >= 0.6 is 11.6 Å². The molecule has 1 saturated carbocycles. The molecule has 0 aromatic heterocycles. The number of anilines is 3. The predicted molar refractivity (Wildman–Crippen MR) is 203 cm³/mol. The van der Waals surface area contributed by atoms with Crippen LogP contribution in [0.1, 0.15) is 29.9 Å². The summed E-state index contributed by atoms with van der Waals surface area (Å²) >= 11 is 6.42. The lowest BCUT2D eigenvalue weighted by atomic mass is 9.49. The number of fused-ring (bicyclic) bond motifs is 4. The van der Waals surface area contributed by atoms with Gasteiger partial charge in [-0.25, -0.2) is 4.90 Å². The number of hydrogen-bond acceptors (Lipinski definition) is 8. The highest BCUT2D eigenvalue weighted by atomic mass is 35.5. The van der Waals surface area contributed by atoms with Crippen LogP contribution < -0.4 is 19.4 Å². The van der Waals surface area contributed by atoms with Gasteiger partial charge < -0.3 is 19.5 Å². The number of phenolic OH excluding ortho intramolecular Hbond substituents is 1. The van der Waals surface area contributed by atoms with Crippen LogP contribution in [0.5, 0.6) is 11.5 Å². The Bertz CT molecular complexity index is 2220. The molecule has 10 nitrogen and oxygen atoms in total. The Balaban J connectivity index is 1.19. The van der Waals surface area contributed by atoms with E-state index in [0.717, 1.165) is 24.4 Å². The topological polar surface area (TPSA) is 117 Å². The smallest absolute Gasteiger partial charge is 0.246 e. The van der Waals surface area contributed by atoms with E-state index in [1.807, 2.05) is 60.7 Å². The van der Waals surface area contributed by atoms with Gasteiger partial charge in [-0.3, -0.25) is 24.1 Å². The molecular formula is C43H38ClN3O7. The van der Waals surface area contributed by atoms with Crippen molar-refractivity contribution < 1.29 is 33.8 Å². The Labute approximate surface area is 317 Å². The standard InChI is InChI=1S/C43H38ClN3O7/c1-53-35-12-6-11-32(38(35)48)37-30-17-18-31-36(41(51)46(39(31)49)28-15-13-27(14-16-28)45-19-21-54-22-20-45)33(30)24-34-40(50)47(29-10-5-9-26(44)23-29)42(52)43(34,37)25-7-3-2-4-8-25/h2-17,23,31,33-34,36-37,48H,18-22,24H2,1H3/t31-,33+,34-,36-,37+,43+/m0/s1. The molecule has 5 aliphatic rings. The number of morpholine rings is 1. The predicted octanol–water partition coefficient (Wildman–Crippen LogP) is 6.26. The van der Waals surface area contributed by atoms with Crippen molar-refractivity contribution in [2.75, 3.05) is 48.1 Å².